The number of aromatic nitrogens is 2. The molecule has 0 radical (unpaired) electrons. The van der Waals surface area contributed by atoms with E-state index in [0.29, 0.717) is 12.3 Å². The summed E-state index contributed by atoms with van der Waals surface area (Å²) in [7, 11) is 0. The van der Waals surface area contributed by atoms with Crippen LogP contribution in [0.5, 0.6) is 0 Å². The fraction of sp³-hybridized carbons (Fsp3) is 0.400. The quantitative estimate of drug-likeness (QED) is 0.380. The Labute approximate surface area is 61.3 Å². The maximum atomic E-state index is 10.2. The van der Waals surface area contributed by atoms with Crippen LogP contribution in [0.2, 0.25) is 0 Å². The van der Waals surface area contributed by atoms with Crippen molar-refractivity contribution in [3.05, 3.63) is 21.9 Å². The van der Waals surface area contributed by atoms with Crippen molar-refractivity contribution in [3.8, 4) is 0 Å². The second-order valence-electron chi connectivity index (χ2n) is 2.26. The Hall–Kier alpha value is -1.43. The lowest BCUT2D eigenvalue weighted by molar-refractivity contribution is -0.389. The second-order valence-corrected chi connectivity index (χ2v) is 2.26. The average molecular weight is 155 g/mol. The Bertz CT molecular complexity index is 291. The van der Waals surface area contributed by atoms with Crippen LogP contribution in [0.4, 0.5) is 5.82 Å². The summed E-state index contributed by atoms with van der Waals surface area (Å²) < 4.78 is 4.88. The zero-order chi connectivity index (χ0) is 7.84. The van der Waals surface area contributed by atoms with Crippen molar-refractivity contribution in [1.29, 1.82) is 0 Å². The van der Waals surface area contributed by atoms with Crippen molar-refractivity contribution in [2.45, 2.75) is 6.10 Å². The van der Waals surface area contributed by atoms with Crippen LogP contribution in [-0.4, -0.2) is 21.7 Å². The van der Waals surface area contributed by atoms with Gasteiger partial charge in [-0.15, -0.1) is 5.10 Å². The lowest BCUT2D eigenvalue weighted by Gasteiger charge is -1.83. The summed E-state index contributed by atoms with van der Waals surface area (Å²) in [5.41, 5.74) is 0.608. The number of hydrogen-bond donors (Lipinski definition) is 1. The zero-order valence-corrected chi connectivity index (χ0v) is 5.48. The Kier molecular flexibility index (Phi) is 1.16. The first kappa shape index (κ1) is 6.29. The van der Waals surface area contributed by atoms with E-state index in [4.69, 9.17) is 4.74 Å². The molecule has 2 rings (SSSR count). The van der Waals surface area contributed by atoms with Gasteiger partial charge in [0.2, 0.25) is 0 Å². The molecule has 6 nitrogen and oxygen atoms in total. The second kappa shape index (κ2) is 2.03. The van der Waals surface area contributed by atoms with Crippen LogP contribution < -0.4 is 0 Å². The molecule has 0 aliphatic carbocycles. The highest BCUT2D eigenvalue weighted by Crippen LogP contribution is 2.29. The zero-order valence-electron chi connectivity index (χ0n) is 5.48. The van der Waals surface area contributed by atoms with Gasteiger partial charge in [-0.1, -0.05) is 5.10 Å². The highest BCUT2D eigenvalue weighted by molar-refractivity contribution is 5.23. The topological polar surface area (TPSA) is 84.3 Å². The van der Waals surface area contributed by atoms with Gasteiger partial charge >= 0.3 is 5.82 Å². The number of rotatable bonds is 2. The van der Waals surface area contributed by atoms with Crippen LogP contribution in [0.25, 0.3) is 0 Å². The molecule has 11 heavy (non-hydrogen) atoms. The van der Waals surface area contributed by atoms with Crippen molar-refractivity contribution in [2.24, 2.45) is 0 Å². The first-order valence-electron chi connectivity index (χ1n) is 3.08. The van der Waals surface area contributed by atoms with Crippen molar-refractivity contribution in [2.75, 3.05) is 6.61 Å². The molecule has 6 heteroatoms. The number of aromatic amines is 1. The summed E-state index contributed by atoms with van der Waals surface area (Å²) in [5.74, 6) is -0.0875. The van der Waals surface area contributed by atoms with E-state index in [-0.39, 0.29) is 11.9 Å². The summed E-state index contributed by atoms with van der Waals surface area (Å²) in [5, 5.41) is 16.2. The van der Waals surface area contributed by atoms with E-state index >= 15 is 0 Å². The largest absolute Gasteiger partial charge is 0.366 e. The molecule has 1 aromatic heterocycles. The number of ether oxygens (including phenoxy) is 1. The minimum atomic E-state index is -0.515. The molecule has 1 aliphatic rings. The predicted molar refractivity (Wildman–Crippen MR) is 33.9 cm³/mol. The van der Waals surface area contributed by atoms with Crippen LogP contribution in [0, 0.1) is 10.1 Å². The molecule has 58 valence electrons. The van der Waals surface area contributed by atoms with E-state index in [1.54, 1.807) is 0 Å². The molecule has 0 aromatic carbocycles. The third kappa shape index (κ3) is 1.07. The fourth-order valence-corrected chi connectivity index (χ4v) is 0.804. The Balaban J connectivity index is 2.25. The summed E-state index contributed by atoms with van der Waals surface area (Å²) in [4.78, 5) is 9.64. The van der Waals surface area contributed by atoms with E-state index in [9.17, 15) is 10.1 Å². The Morgan fingerprint density at radius 2 is 2.64 bits per heavy atom. The van der Waals surface area contributed by atoms with E-state index in [1.165, 1.54) is 6.07 Å². The molecular weight excluding hydrogens is 150 g/mol. The maximum Gasteiger partial charge on any atom is 0.342 e. The van der Waals surface area contributed by atoms with Crippen molar-refractivity contribution in [1.82, 2.24) is 10.2 Å². The van der Waals surface area contributed by atoms with E-state index < -0.39 is 4.92 Å². The van der Waals surface area contributed by atoms with Gasteiger partial charge in [0.1, 0.15) is 11.8 Å². The Morgan fingerprint density at radius 1 is 1.91 bits per heavy atom. The van der Waals surface area contributed by atoms with Crippen LogP contribution in [-0.2, 0) is 4.74 Å². The molecule has 1 aromatic rings. The van der Waals surface area contributed by atoms with E-state index in [0.717, 1.165) is 0 Å². The number of hydrogen-bond acceptors (Lipinski definition) is 4. The molecule has 1 fully saturated rings. The van der Waals surface area contributed by atoms with Crippen molar-refractivity contribution in [3.63, 3.8) is 0 Å². The molecule has 0 saturated carbocycles. The maximum absolute atomic E-state index is 10.2. The molecule has 1 atom stereocenters. The van der Waals surface area contributed by atoms with E-state index in [2.05, 4.69) is 10.2 Å². The average Bonchev–Trinajstić information content (AvgIpc) is 2.68. The van der Waals surface area contributed by atoms with Gasteiger partial charge in [-0.25, -0.2) is 0 Å². The SMILES string of the molecule is O=[N+]([O-])c1cc([C@@H]2CO2)n[nH]1. The number of nitrogens with one attached hydrogen (secondary N) is 1. The van der Waals surface area contributed by atoms with Gasteiger partial charge < -0.3 is 14.9 Å². The van der Waals surface area contributed by atoms with Crippen molar-refractivity contribution < 1.29 is 9.66 Å². The molecule has 1 saturated heterocycles. The summed E-state index contributed by atoms with van der Waals surface area (Å²) in [6.45, 7) is 0.613. The standard InChI is InChI=1S/C5H5N3O3/c9-8(10)5-1-3(6-7-5)4-2-11-4/h1,4H,2H2,(H,6,7)/t4-/m0/s1. The van der Waals surface area contributed by atoms with Crippen LogP contribution in [0.3, 0.4) is 0 Å². The van der Waals surface area contributed by atoms with Gasteiger partial charge in [-0.05, 0) is 4.92 Å². The van der Waals surface area contributed by atoms with Gasteiger partial charge in [0.25, 0.3) is 0 Å². The summed E-state index contributed by atoms with van der Waals surface area (Å²) in [6, 6.07) is 1.39. The van der Waals surface area contributed by atoms with Crippen LogP contribution >= 0.6 is 0 Å². The molecular formula is C5H5N3O3. The molecule has 1 aliphatic heterocycles. The predicted octanol–water partition coefficient (Wildman–Crippen LogP) is 0.389. The molecule has 0 bridgehead atoms. The molecule has 2 heterocycles. The van der Waals surface area contributed by atoms with Gasteiger partial charge in [-0.3, -0.25) is 0 Å². The summed E-state index contributed by atoms with van der Waals surface area (Å²) in [6.07, 6.45) is -0.0278. The first-order valence-corrected chi connectivity index (χ1v) is 3.08. The van der Waals surface area contributed by atoms with Gasteiger partial charge in [-0.2, -0.15) is 0 Å². The third-order valence-corrected chi connectivity index (χ3v) is 1.44. The first-order chi connectivity index (χ1) is 5.27. The molecule has 0 spiro atoms. The minimum absolute atomic E-state index is 0.0278. The minimum Gasteiger partial charge on any atom is -0.366 e. The van der Waals surface area contributed by atoms with Crippen LogP contribution in [0.1, 0.15) is 11.8 Å². The number of nitrogens with zero attached hydrogens (tertiary/aromatic N) is 2. The molecule has 0 amide bonds. The van der Waals surface area contributed by atoms with Gasteiger partial charge in [0, 0.05) is 0 Å². The van der Waals surface area contributed by atoms with Crippen LogP contribution in [0.15, 0.2) is 6.07 Å². The van der Waals surface area contributed by atoms with Crippen molar-refractivity contribution >= 4 is 5.82 Å². The highest BCUT2D eigenvalue weighted by Gasteiger charge is 2.29. The summed E-state index contributed by atoms with van der Waals surface area (Å²) >= 11 is 0. The highest BCUT2D eigenvalue weighted by atomic mass is 16.6. The normalized spacial score (nSPS) is 21.6. The third-order valence-electron chi connectivity index (χ3n) is 1.44. The van der Waals surface area contributed by atoms with Gasteiger partial charge in [0.15, 0.2) is 0 Å². The number of epoxide rings is 1. The Morgan fingerprint density at radius 3 is 3.09 bits per heavy atom. The lowest BCUT2D eigenvalue weighted by Crippen LogP contribution is -1.86. The van der Waals surface area contributed by atoms with E-state index in [1.807, 2.05) is 0 Å². The smallest absolute Gasteiger partial charge is 0.342 e. The lowest BCUT2D eigenvalue weighted by atomic mass is 10.3. The fourth-order valence-electron chi connectivity index (χ4n) is 0.804. The molecule has 1 N–H and O–H groups in total. The number of H-pyrrole nitrogens is 1. The molecule has 0 unspecified atom stereocenters. The van der Waals surface area contributed by atoms with Gasteiger partial charge in [0.05, 0.1) is 12.7 Å². The monoisotopic (exact) mass is 155 g/mol. The number of nitro groups is 1.